The second kappa shape index (κ2) is 6.88. The fourth-order valence-corrected chi connectivity index (χ4v) is 2.30. The molecule has 1 heterocycles. The number of allylic oxidation sites excluding steroid dienone is 2. The predicted molar refractivity (Wildman–Crippen MR) is 77.0 cm³/mol. The molecule has 2 N–H and O–H groups in total. The standard InChI is InChI=1S/C15H18N2O4/c1-2-21-13-8-7-10(9-16-13)17-14(18)11-5-3-4-6-12(11)15(19)20/h3-4,7-9,11-12H,2,5-6H2,1H3,(H,17,18)(H,19,20). The average molecular weight is 290 g/mol. The fourth-order valence-electron chi connectivity index (χ4n) is 2.30. The van der Waals surface area contributed by atoms with Crippen LogP contribution in [0.15, 0.2) is 30.5 Å². The SMILES string of the molecule is CCOc1ccc(NC(=O)C2CC=CCC2C(=O)O)cn1. The molecule has 6 heteroatoms. The Balaban J connectivity index is 2.02. The van der Waals surface area contributed by atoms with E-state index in [1.54, 1.807) is 18.2 Å². The molecule has 0 saturated heterocycles. The van der Waals surface area contributed by atoms with E-state index in [1.165, 1.54) is 6.20 Å². The number of carbonyl (C=O) groups is 2. The summed E-state index contributed by atoms with van der Waals surface area (Å²) in [6, 6.07) is 3.35. The number of anilines is 1. The first-order valence-electron chi connectivity index (χ1n) is 6.89. The van der Waals surface area contributed by atoms with E-state index in [1.807, 2.05) is 13.0 Å². The van der Waals surface area contributed by atoms with Crippen molar-refractivity contribution < 1.29 is 19.4 Å². The van der Waals surface area contributed by atoms with Crippen molar-refractivity contribution in [3.63, 3.8) is 0 Å². The molecule has 0 saturated carbocycles. The van der Waals surface area contributed by atoms with Gasteiger partial charge in [-0.25, -0.2) is 4.98 Å². The van der Waals surface area contributed by atoms with Crippen LogP contribution in [-0.2, 0) is 9.59 Å². The highest BCUT2D eigenvalue weighted by molar-refractivity contribution is 5.95. The minimum atomic E-state index is -0.940. The Kier molecular flexibility index (Phi) is 4.92. The van der Waals surface area contributed by atoms with Gasteiger partial charge in [-0.1, -0.05) is 12.2 Å². The molecule has 2 atom stereocenters. The lowest BCUT2D eigenvalue weighted by atomic mass is 9.82. The highest BCUT2D eigenvalue weighted by Gasteiger charge is 2.33. The van der Waals surface area contributed by atoms with Crippen molar-refractivity contribution in [2.45, 2.75) is 19.8 Å². The molecule has 2 rings (SSSR count). The van der Waals surface area contributed by atoms with Gasteiger partial charge in [-0.3, -0.25) is 9.59 Å². The molecule has 1 amide bonds. The normalized spacial score (nSPS) is 20.8. The number of aromatic nitrogens is 1. The van der Waals surface area contributed by atoms with Crippen LogP contribution < -0.4 is 10.1 Å². The number of carboxylic acids is 1. The molecular formula is C15H18N2O4. The predicted octanol–water partition coefficient (Wildman–Crippen LogP) is 2.09. The van der Waals surface area contributed by atoms with Crippen molar-refractivity contribution in [3.05, 3.63) is 30.5 Å². The van der Waals surface area contributed by atoms with E-state index in [2.05, 4.69) is 10.3 Å². The summed E-state index contributed by atoms with van der Waals surface area (Å²) >= 11 is 0. The van der Waals surface area contributed by atoms with Gasteiger partial charge in [0.25, 0.3) is 0 Å². The summed E-state index contributed by atoms with van der Waals surface area (Å²) in [6.45, 7) is 2.38. The van der Waals surface area contributed by atoms with Crippen LogP contribution in [0.3, 0.4) is 0 Å². The third-order valence-corrected chi connectivity index (χ3v) is 3.38. The van der Waals surface area contributed by atoms with Crippen molar-refractivity contribution >= 4 is 17.6 Å². The summed E-state index contributed by atoms with van der Waals surface area (Å²) in [5.74, 6) is -1.98. The Bertz CT molecular complexity index is 539. The van der Waals surface area contributed by atoms with Gasteiger partial charge in [-0.2, -0.15) is 0 Å². The molecule has 0 bridgehead atoms. The van der Waals surface area contributed by atoms with E-state index in [4.69, 9.17) is 4.74 Å². The Morgan fingerprint density at radius 3 is 2.62 bits per heavy atom. The zero-order valence-electron chi connectivity index (χ0n) is 11.8. The summed E-state index contributed by atoms with van der Waals surface area (Å²) in [6.07, 6.45) is 5.97. The number of rotatable bonds is 5. The Labute approximate surface area is 122 Å². The first-order valence-corrected chi connectivity index (χ1v) is 6.89. The lowest BCUT2D eigenvalue weighted by molar-refractivity contribution is -0.146. The maximum atomic E-state index is 12.2. The van der Waals surface area contributed by atoms with E-state index < -0.39 is 17.8 Å². The number of ether oxygens (including phenoxy) is 1. The molecular weight excluding hydrogens is 272 g/mol. The first kappa shape index (κ1) is 15.0. The Morgan fingerprint density at radius 1 is 1.33 bits per heavy atom. The quantitative estimate of drug-likeness (QED) is 0.811. The highest BCUT2D eigenvalue weighted by atomic mass is 16.5. The molecule has 1 aromatic heterocycles. The third-order valence-electron chi connectivity index (χ3n) is 3.38. The summed E-state index contributed by atoms with van der Waals surface area (Å²) < 4.78 is 5.22. The lowest BCUT2D eigenvalue weighted by Crippen LogP contribution is -2.34. The fraction of sp³-hybridized carbons (Fsp3) is 0.400. The van der Waals surface area contributed by atoms with Gasteiger partial charge in [0.1, 0.15) is 0 Å². The van der Waals surface area contributed by atoms with Crippen molar-refractivity contribution in [1.82, 2.24) is 4.98 Å². The maximum absolute atomic E-state index is 12.2. The lowest BCUT2D eigenvalue weighted by Gasteiger charge is -2.24. The molecule has 1 aliphatic carbocycles. The number of hydrogen-bond donors (Lipinski definition) is 2. The number of pyridine rings is 1. The second-order valence-electron chi connectivity index (χ2n) is 4.80. The van der Waals surface area contributed by atoms with Gasteiger partial charge in [0.05, 0.1) is 30.3 Å². The largest absolute Gasteiger partial charge is 0.481 e. The van der Waals surface area contributed by atoms with E-state index in [0.717, 1.165) is 0 Å². The minimum Gasteiger partial charge on any atom is -0.481 e. The van der Waals surface area contributed by atoms with Gasteiger partial charge in [-0.05, 0) is 25.8 Å². The van der Waals surface area contributed by atoms with Gasteiger partial charge in [-0.15, -0.1) is 0 Å². The number of carboxylic acid groups (broad SMARTS) is 1. The molecule has 21 heavy (non-hydrogen) atoms. The molecule has 0 fully saturated rings. The van der Waals surface area contributed by atoms with Crippen LogP contribution in [0.25, 0.3) is 0 Å². The van der Waals surface area contributed by atoms with Crippen molar-refractivity contribution in [2.75, 3.05) is 11.9 Å². The number of nitrogens with zero attached hydrogens (tertiary/aromatic N) is 1. The molecule has 2 unspecified atom stereocenters. The van der Waals surface area contributed by atoms with Crippen molar-refractivity contribution in [2.24, 2.45) is 11.8 Å². The minimum absolute atomic E-state index is 0.294. The number of carbonyl (C=O) groups excluding carboxylic acids is 1. The zero-order valence-corrected chi connectivity index (χ0v) is 11.8. The van der Waals surface area contributed by atoms with Crippen LogP contribution in [0.4, 0.5) is 5.69 Å². The van der Waals surface area contributed by atoms with E-state index in [0.29, 0.717) is 31.0 Å². The van der Waals surface area contributed by atoms with Crippen LogP contribution in [0.2, 0.25) is 0 Å². The Hall–Kier alpha value is -2.37. The van der Waals surface area contributed by atoms with Crippen LogP contribution in [0.5, 0.6) is 5.88 Å². The summed E-state index contributed by atoms with van der Waals surface area (Å²) in [5.41, 5.74) is 0.530. The van der Waals surface area contributed by atoms with Gasteiger partial charge >= 0.3 is 5.97 Å². The zero-order chi connectivity index (χ0) is 15.2. The van der Waals surface area contributed by atoms with E-state index in [-0.39, 0.29) is 5.91 Å². The summed E-state index contributed by atoms with van der Waals surface area (Å²) in [5, 5.41) is 11.9. The number of nitrogens with one attached hydrogen (secondary N) is 1. The number of hydrogen-bond acceptors (Lipinski definition) is 4. The molecule has 6 nitrogen and oxygen atoms in total. The van der Waals surface area contributed by atoms with Gasteiger partial charge in [0.2, 0.25) is 11.8 Å². The van der Waals surface area contributed by atoms with Crippen LogP contribution in [0.1, 0.15) is 19.8 Å². The molecule has 0 aromatic carbocycles. The molecule has 1 aliphatic rings. The number of amides is 1. The first-order chi connectivity index (χ1) is 10.1. The van der Waals surface area contributed by atoms with Gasteiger partial charge in [0.15, 0.2) is 0 Å². The van der Waals surface area contributed by atoms with Crippen LogP contribution in [0, 0.1) is 11.8 Å². The van der Waals surface area contributed by atoms with Gasteiger partial charge in [0, 0.05) is 6.07 Å². The summed E-state index contributed by atoms with van der Waals surface area (Å²) in [4.78, 5) is 27.5. The number of aliphatic carboxylic acids is 1. The second-order valence-corrected chi connectivity index (χ2v) is 4.80. The molecule has 0 aliphatic heterocycles. The monoisotopic (exact) mass is 290 g/mol. The van der Waals surface area contributed by atoms with Crippen molar-refractivity contribution in [3.8, 4) is 5.88 Å². The summed E-state index contributed by atoms with van der Waals surface area (Å²) in [7, 11) is 0. The smallest absolute Gasteiger partial charge is 0.307 e. The molecule has 0 radical (unpaired) electrons. The maximum Gasteiger partial charge on any atom is 0.307 e. The van der Waals surface area contributed by atoms with Gasteiger partial charge < -0.3 is 15.2 Å². The topological polar surface area (TPSA) is 88.5 Å². The van der Waals surface area contributed by atoms with E-state index >= 15 is 0 Å². The van der Waals surface area contributed by atoms with E-state index in [9.17, 15) is 14.7 Å². The van der Waals surface area contributed by atoms with Crippen LogP contribution in [-0.4, -0.2) is 28.6 Å². The third kappa shape index (κ3) is 3.81. The Morgan fingerprint density at radius 2 is 2.05 bits per heavy atom. The highest BCUT2D eigenvalue weighted by Crippen LogP contribution is 2.27. The molecule has 112 valence electrons. The van der Waals surface area contributed by atoms with Crippen LogP contribution >= 0.6 is 0 Å². The van der Waals surface area contributed by atoms with Crippen molar-refractivity contribution in [1.29, 1.82) is 0 Å². The molecule has 1 aromatic rings. The average Bonchev–Trinajstić information content (AvgIpc) is 2.49. The molecule has 0 spiro atoms.